The highest BCUT2D eigenvalue weighted by atomic mass is 32.2. The summed E-state index contributed by atoms with van der Waals surface area (Å²) < 4.78 is 36.6. The van der Waals surface area contributed by atoms with Gasteiger partial charge in [0, 0.05) is 5.56 Å². The Balaban J connectivity index is 1.99. The molecule has 1 amide bonds. The molecule has 2 aromatic carbocycles. The first-order valence-corrected chi connectivity index (χ1v) is 12.9. The van der Waals surface area contributed by atoms with Gasteiger partial charge in [-0.3, -0.25) is 20.0 Å². The molecular weight excluding hydrogens is 486 g/mol. The molecule has 0 saturated heterocycles. The van der Waals surface area contributed by atoms with Crippen molar-refractivity contribution in [3.05, 3.63) is 58.9 Å². The fraction of sp³-hybridized carbons (Fsp3) is 0.333. The number of hydrogen-bond acceptors (Lipinski definition) is 9. The van der Waals surface area contributed by atoms with Crippen molar-refractivity contribution in [3.8, 4) is 5.75 Å². The number of ether oxygens (including phenoxy) is 2. The maximum atomic E-state index is 13.3. The highest BCUT2D eigenvalue weighted by Crippen LogP contribution is 2.39. The first kappa shape index (κ1) is 26.8. The van der Waals surface area contributed by atoms with Crippen LogP contribution < -0.4 is 30.7 Å². The highest BCUT2D eigenvalue weighted by Gasteiger charge is 2.24. The lowest BCUT2D eigenvalue weighted by atomic mass is 9.86. The Bertz CT molecular complexity index is 1330. The summed E-state index contributed by atoms with van der Waals surface area (Å²) in [6.07, 6.45) is 2.57. The zero-order valence-corrected chi connectivity index (χ0v) is 22.1. The summed E-state index contributed by atoms with van der Waals surface area (Å²) in [5.74, 6) is -0.790. The molecule has 4 N–H and O–H groups in total. The van der Waals surface area contributed by atoms with Crippen LogP contribution in [0.25, 0.3) is 0 Å². The van der Waals surface area contributed by atoms with Gasteiger partial charge in [-0.1, -0.05) is 26.8 Å². The quantitative estimate of drug-likeness (QED) is 0.408. The average molecular weight is 518 g/mol. The van der Waals surface area contributed by atoms with E-state index in [1.165, 1.54) is 20.4 Å². The average Bonchev–Trinajstić information content (AvgIpc) is 3.27. The van der Waals surface area contributed by atoms with Crippen LogP contribution >= 0.6 is 0 Å². The summed E-state index contributed by atoms with van der Waals surface area (Å²) in [6.45, 7) is 7.79. The standard InChI is InChI=1S/C24H31N5O6S/c1-14-8-9-15(10-20(14)29-13-19(26-28-29)23(31)35-6)22(30)25-17-11-16(24(2,3)4)12-18(21(17)34-5)27-36(7,32)33/h8-13,26-28H,1-7H3,(H,25,30). The third kappa shape index (κ3) is 6.07. The molecule has 12 heteroatoms. The fourth-order valence-corrected chi connectivity index (χ4v) is 4.06. The topological polar surface area (TPSA) is 138 Å². The molecule has 36 heavy (non-hydrogen) atoms. The molecule has 0 radical (unpaired) electrons. The van der Waals surface area contributed by atoms with E-state index < -0.39 is 21.9 Å². The number of anilines is 3. The van der Waals surface area contributed by atoms with E-state index in [-0.39, 0.29) is 22.5 Å². The van der Waals surface area contributed by atoms with Crippen LogP contribution in [0.3, 0.4) is 0 Å². The summed E-state index contributed by atoms with van der Waals surface area (Å²) in [7, 11) is -0.921. The minimum absolute atomic E-state index is 0.185. The van der Waals surface area contributed by atoms with Gasteiger partial charge >= 0.3 is 5.97 Å². The summed E-state index contributed by atoms with van der Waals surface area (Å²) >= 11 is 0. The lowest BCUT2D eigenvalue weighted by molar-refractivity contribution is -0.136. The van der Waals surface area contributed by atoms with Gasteiger partial charge in [0.25, 0.3) is 5.91 Å². The minimum atomic E-state index is -3.60. The van der Waals surface area contributed by atoms with E-state index in [2.05, 4.69) is 21.0 Å². The molecule has 2 aromatic rings. The Morgan fingerprint density at radius 3 is 2.31 bits per heavy atom. The van der Waals surface area contributed by atoms with Crippen LogP contribution in [0, 0.1) is 6.92 Å². The van der Waals surface area contributed by atoms with E-state index in [0.29, 0.717) is 16.9 Å². The van der Waals surface area contributed by atoms with E-state index in [0.717, 1.165) is 17.4 Å². The number of nitrogens with zero attached hydrogens (tertiary/aromatic N) is 1. The number of benzene rings is 2. The van der Waals surface area contributed by atoms with Crippen molar-refractivity contribution in [2.45, 2.75) is 33.1 Å². The normalized spacial score (nSPS) is 13.5. The molecule has 0 unspecified atom stereocenters. The fourth-order valence-electron chi connectivity index (χ4n) is 3.51. The van der Waals surface area contributed by atoms with Gasteiger partial charge in [0.15, 0.2) is 11.4 Å². The SMILES string of the molecule is COC(=O)C1=CN(c2cc(C(=O)Nc3cc(C(C)(C)C)cc(NS(C)(=O)=O)c3OC)ccc2C)NN1. The van der Waals surface area contributed by atoms with Gasteiger partial charge in [-0.25, -0.2) is 13.2 Å². The number of esters is 1. The van der Waals surface area contributed by atoms with Crippen LogP contribution in [-0.4, -0.2) is 40.8 Å². The van der Waals surface area contributed by atoms with Gasteiger partial charge in [-0.05, 0) is 47.7 Å². The van der Waals surface area contributed by atoms with Gasteiger partial charge in [0.05, 0.1) is 43.7 Å². The molecule has 1 heterocycles. The van der Waals surface area contributed by atoms with E-state index in [1.54, 1.807) is 35.3 Å². The third-order valence-corrected chi connectivity index (χ3v) is 6.00. The number of hydrazine groups is 2. The number of carbonyl (C=O) groups excluding carboxylic acids is 2. The molecule has 194 valence electrons. The van der Waals surface area contributed by atoms with Crippen LogP contribution in [0.15, 0.2) is 42.2 Å². The second-order valence-corrected chi connectivity index (χ2v) is 11.1. The second-order valence-electron chi connectivity index (χ2n) is 9.33. The lowest BCUT2D eigenvalue weighted by Gasteiger charge is -2.24. The van der Waals surface area contributed by atoms with Crippen molar-refractivity contribution in [2.75, 3.05) is 35.5 Å². The zero-order chi connectivity index (χ0) is 26.8. The van der Waals surface area contributed by atoms with E-state index in [1.807, 2.05) is 27.7 Å². The number of carbonyl (C=O) groups is 2. The van der Waals surface area contributed by atoms with Crippen molar-refractivity contribution in [1.29, 1.82) is 0 Å². The second kappa shape index (κ2) is 10.1. The number of nitrogens with one attached hydrogen (secondary N) is 4. The summed E-state index contributed by atoms with van der Waals surface area (Å²) in [4.78, 5) is 25.1. The van der Waals surface area contributed by atoms with Gasteiger partial charge in [0.1, 0.15) is 0 Å². The van der Waals surface area contributed by atoms with E-state index in [9.17, 15) is 18.0 Å². The zero-order valence-electron chi connectivity index (χ0n) is 21.3. The van der Waals surface area contributed by atoms with Crippen molar-refractivity contribution in [1.82, 2.24) is 11.0 Å². The third-order valence-electron chi connectivity index (χ3n) is 5.41. The number of amides is 1. The first-order chi connectivity index (χ1) is 16.7. The first-order valence-electron chi connectivity index (χ1n) is 11.0. The molecule has 0 aromatic heterocycles. The number of sulfonamides is 1. The molecule has 0 aliphatic carbocycles. The smallest absolute Gasteiger partial charge is 0.357 e. The molecule has 0 bridgehead atoms. The predicted molar refractivity (Wildman–Crippen MR) is 138 cm³/mol. The summed E-state index contributed by atoms with van der Waals surface area (Å²) in [6, 6.07) is 8.55. The summed E-state index contributed by atoms with van der Waals surface area (Å²) in [5, 5.41) is 4.41. The minimum Gasteiger partial charge on any atom is -0.492 e. The van der Waals surface area contributed by atoms with Gasteiger partial charge in [-0.2, -0.15) is 0 Å². The Hall–Kier alpha value is -3.77. The van der Waals surface area contributed by atoms with Crippen molar-refractivity contribution >= 4 is 39.0 Å². The Morgan fingerprint density at radius 1 is 1.06 bits per heavy atom. The van der Waals surface area contributed by atoms with Gasteiger partial charge < -0.3 is 14.8 Å². The molecule has 0 spiro atoms. The van der Waals surface area contributed by atoms with Crippen molar-refractivity contribution in [3.63, 3.8) is 0 Å². The molecule has 0 atom stereocenters. The highest BCUT2D eigenvalue weighted by molar-refractivity contribution is 7.92. The largest absolute Gasteiger partial charge is 0.492 e. The molecule has 0 fully saturated rings. The van der Waals surface area contributed by atoms with Crippen LogP contribution in [0.1, 0.15) is 42.3 Å². The van der Waals surface area contributed by atoms with Crippen LogP contribution in [0.4, 0.5) is 17.1 Å². The van der Waals surface area contributed by atoms with E-state index in [4.69, 9.17) is 9.47 Å². The molecule has 1 aliphatic rings. The Labute approximate surface area is 210 Å². The number of rotatable bonds is 7. The van der Waals surface area contributed by atoms with Crippen molar-refractivity contribution < 1.29 is 27.5 Å². The van der Waals surface area contributed by atoms with Crippen molar-refractivity contribution in [2.24, 2.45) is 0 Å². The Kier molecular flexibility index (Phi) is 7.51. The van der Waals surface area contributed by atoms with Gasteiger partial charge in [-0.15, -0.1) is 5.53 Å². The molecule has 3 rings (SSSR count). The molecule has 0 saturated carbocycles. The molecule has 1 aliphatic heterocycles. The molecule has 11 nitrogen and oxygen atoms in total. The number of aryl methyl sites for hydroxylation is 1. The summed E-state index contributed by atoms with van der Waals surface area (Å²) in [5.41, 5.74) is 8.57. The van der Waals surface area contributed by atoms with Crippen LogP contribution in [0.5, 0.6) is 5.75 Å². The number of methoxy groups -OCH3 is 2. The maximum Gasteiger partial charge on any atom is 0.357 e. The van der Waals surface area contributed by atoms with E-state index >= 15 is 0 Å². The van der Waals surface area contributed by atoms with Crippen LogP contribution in [-0.2, 0) is 25.0 Å². The number of hydrogen-bond donors (Lipinski definition) is 4. The predicted octanol–water partition coefficient (Wildman–Crippen LogP) is 2.77. The van der Waals surface area contributed by atoms with Gasteiger partial charge in [0.2, 0.25) is 10.0 Å². The monoisotopic (exact) mass is 517 g/mol. The maximum absolute atomic E-state index is 13.3. The Morgan fingerprint density at radius 2 is 1.72 bits per heavy atom. The lowest BCUT2D eigenvalue weighted by Crippen LogP contribution is -2.37. The van der Waals surface area contributed by atoms with Crippen LogP contribution in [0.2, 0.25) is 0 Å². The molecular formula is C24H31N5O6S.